The van der Waals surface area contributed by atoms with Crippen molar-refractivity contribution < 1.29 is 23.9 Å². The van der Waals surface area contributed by atoms with Gasteiger partial charge in [-0.2, -0.15) is 0 Å². The minimum absolute atomic E-state index is 0.0662. The zero-order valence-electron chi connectivity index (χ0n) is 18.0. The van der Waals surface area contributed by atoms with E-state index in [9.17, 15) is 19.2 Å². The van der Waals surface area contributed by atoms with E-state index >= 15 is 0 Å². The van der Waals surface area contributed by atoms with Crippen LogP contribution in [0, 0.1) is 0 Å². The zero-order chi connectivity index (χ0) is 24.9. The summed E-state index contributed by atoms with van der Waals surface area (Å²) in [6.07, 6.45) is 1.27. The summed E-state index contributed by atoms with van der Waals surface area (Å²) >= 11 is 12.6. The minimum Gasteiger partial charge on any atom is -0.481 e. The summed E-state index contributed by atoms with van der Waals surface area (Å²) in [6.45, 7) is -0.343. The molecule has 0 aliphatic carbocycles. The lowest BCUT2D eigenvalue weighted by Crippen LogP contribution is -2.54. The van der Waals surface area contributed by atoms with Crippen molar-refractivity contribution in [2.24, 2.45) is 0 Å². The molecule has 1 saturated heterocycles. The van der Waals surface area contributed by atoms with E-state index in [-0.39, 0.29) is 28.0 Å². The molecule has 0 aromatic heterocycles. The molecule has 3 aromatic rings. The summed E-state index contributed by atoms with van der Waals surface area (Å²) in [5.41, 5.74) is 0.958. The first-order valence-electron chi connectivity index (χ1n) is 10.3. The summed E-state index contributed by atoms with van der Waals surface area (Å²) in [7, 11) is 0. The third kappa shape index (κ3) is 5.51. The second-order valence-electron chi connectivity index (χ2n) is 7.31. The van der Waals surface area contributed by atoms with E-state index in [0.29, 0.717) is 16.9 Å². The highest BCUT2D eigenvalue weighted by molar-refractivity contribution is 6.40. The summed E-state index contributed by atoms with van der Waals surface area (Å²) in [5, 5.41) is 4.95. The summed E-state index contributed by atoms with van der Waals surface area (Å²) < 4.78 is 5.48. The molecule has 35 heavy (non-hydrogen) atoms. The SMILES string of the molecule is O=C(COc1c(Cl)cc(/C=C2/C(=O)NC(=O)N(c3ccccc3)C2=O)cc1Cl)Nc1ccccc1. The van der Waals surface area contributed by atoms with Gasteiger partial charge in [0.05, 0.1) is 15.7 Å². The Morgan fingerprint density at radius 1 is 0.943 bits per heavy atom. The Labute approximate surface area is 210 Å². The average Bonchev–Trinajstić information content (AvgIpc) is 2.82. The second-order valence-corrected chi connectivity index (χ2v) is 8.12. The minimum atomic E-state index is -0.850. The van der Waals surface area contributed by atoms with Crippen molar-refractivity contribution in [1.82, 2.24) is 5.32 Å². The first kappa shape index (κ1) is 24.0. The topological polar surface area (TPSA) is 105 Å². The number of carbonyl (C=O) groups excluding carboxylic acids is 4. The van der Waals surface area contributed by atoms with Crippen molar-refractivity contribution in [2.75, 3.05) is 16.8 Å². The highest BCUT2D eigenvalue weighted by atomic mass is 35.5. The summed E-state index contributed by atoms with van der Waals surface area (Å²) in [6, 6.07) is 19.0. The number of barbiturate groups is 1. The second kappa shape index (κ2) is 10.4. The zero-order valence-corrected chi connectivity index (χ0v) is 19.5. The van der Waals surface area contributed by atoms with E-state index in [1.807, 2.05) is 6.07 Å². The van der Waals surface area contributed by atoms with Gasteiger partial charge in [-0.25, -0.2) is 9.69 Å². The predicted molar refractivity (Wildman–Crippen MR) is 132 cm³/mol. The van der Waals surface area contributed by atoms with Crippen molar-refractivity contribution >= 4 is 64.4 Å². The third-order valence-corrected chi connectivity index (χ3v) is 5.41. The molecule has 1 heterocycles. The first-order chi connectivity index (χ1) is 16.8. The van der Waals surface area contributed by atoms with E-state index in [2.05, 4.69) is 10.6 Å². The van der Waals surface area contributed by atoms with Gasteiger partial charge in [0, 0.05) is 5.69 Å². The number of imide groups is 2. The Balaban J connectivity index is 1.52. The van der Waals surface area contributed by atoms with Gasteiger partial charge in [0.15, 0.2) is 12.4 Å². The van der Waals surface area contributed by atoms with Crippen molar-refractivity contribution in [1.29, 1.82) is 0 Å². The van der Waals surface area contributed by atoms with E-state index in [1.54, 1.807) is 54.6 Å². The highest BCUT2D eigenvalue weighted by Crippen LogP contribution is 2.35. The van der Waals surface area contributed by atoms with Crippen LogP contribution in [0.15, 0.2) is 78.4 Å². The largest absolute Gasteiger partial charge is 0.481 e. The van der Waals surface area contributed by atoms with Gasteiger partial charge in [0.2, 0.25) is 0 Å². The molecular weight excluding hydrogens is 493 g/mol. The lowest BCUT2D eigenvalue weighted by atomic mass is 10.1. The van der Waals surface area contributed by atoms with Crippen LogP contribution in [-0.2, 0) is 14.4 Å². The fourth-order valence-electron chi connectivity index (χ4n) is 3.29. The van der Waals surface area contributed by atoms with Crippen LogP contribution in [0.3, 0.4) is 0 Å². The van der Waals surface area contributed by atoms with Crippen LogP contribution in [0.2, 0.25) is 10.0 Å². The molecule has 4 rings (SSSR count). The van der Waals surface area contributed by atoms with Crippen molar-refractivity contribution in [3.8, 4) is 5.75 Å². The highest BCUT2D eigenvalue weighted by Gasteiger charge is 2.36. The number of ether oxygens (including phenoxy) is 1. The Bertz CT molecular complexity index is 1320. The fraction of sp³-hybridized carbons (Fsp3) is 0.0400. The van der Waals surface area contributed by atoms with Crippen LogP contribution in [0.5, 0.6) is 5.75 Å². The Kier molecular flexibility index (Phi) is 7.14. The molecule has 1 fully saturated rings. The molecule has 8 nitrogen and oxygen atoms in total. The Morgan fingerprint density at radius 2 is 1.54 bits per heavy atom. The van der Waals surface area contributed by atoms with Gasteiger partial charge in [-0.05, 0) is 48.0 Å². The van der Waals surface area contributed by atoms with Gasteiger partial charge >= 0.3 is 6.03 Å². The smallest absolute Gasteiger partial charge is 0.335 e. The number of anilines is 2. The number of para-hydroxylation sites is 2. The van der Waals surface area contributed by atoms with Crippen LogP contribution >= 0.6 is 23.2 Å². The number of hydrogen-bond acceptors (Lipinski definition) is 5. The molecule has 1 aliphatic heterocycles. The molecule has 0 spiro atoms. The number of nitrogens with one attached hydrogen (secondary N) is 2. The maximum absolute atomic E-state index is 13.0. The van der Waals surface area contributed by atoms with Crippen LogP contribution < -0.4 is 20.3 Å². The van der Waals surface area contributed by atoms with Gasteiger partial charge in [-0.1, -0.05) is 59.6 Å². The first-order valence-corrected chi connectivity index (χ1v) is 11.0. The number of rotatable bonds is 6. The quantitative estimate of drug-likeness (QED) is 0.370. The van der Waals surface area contributed by atoms with Crippen LogP contribution in [0.1, 0.15) is 5.56 Å². The number of nitrogens with zero attached hydrogens (tertiary/aromatic N) is 1. The van der Waals surface area contributed by atoms with Crippen molar-refractivity contribution in [3.63, 3.8) is 0 Å². The molecule has 0 radical (unpaired) electrons. The molecule has 5 amide bonds. The maximum Gasteiger partial charge on any atom is 0.335 e. The Hall–Kier alpha value is -4.14. The van der Waals surface area contributed by atoms with Crippen LogP contribution in [-0.4, -0.2) is 30.4 Å². The van der Waals surface area contributed by atoms with Gasteiger partial charge in [0.1, 0.15) is 5.57 Å². The number of amides is 5. The van der Waals surface area contributed by atoms with Crippen molar-refractivity contribution in [2.45, 2.75) is 0 Å². The number of carbonyl (C=O) groups is 4. The third-order valence-electron chi connectivity index (χ3n) is 4.85. The molecule has 176 valence electrons. The normalized spacial score (nSPS) is 14.6. The lowest BCUT2D eigenvalue weighted by Gasteiger charge is -2.26. The molecule has 2 N–H and O–H groups in total. The molecule has 0 saturated carbocycles. The van der Waals surface area contributed by atoms with E-state index in [4.69, 9.17) is 27.9 Å². The van der Waals surface area contributed by atoms with Gasteiger partial charge in [-0.15, -0.1) is 0 Å². The summed E-state index contributed by atoms with van der Waals surface area (Å²) in [4.78, 5) is 50.6. The van der Waals surface area contributed by atoms with E-state index in [0.717, 1.165) is 4.90 Å². The van der Waals surface area contributed by atoms with Crippen LogP contribution in [0.4, 0.5) is 16.2 Å². The van der Waals surface area contributed by atoms with Crippen LogP contribution in [0.25, 0.3) is 6.08 Å². The monoisotopic (exact) mass is 509 g/mol. The number of urea groups is 1. The maximum atomic E-state index is 13.0. The Morgan fingerprint density at radius 3 is 2.17 bits per heavy atom. The lowest BCUT2D eigenvalue weighted by molar-refractivity contribution is -0.122. The van der Waals surface area contributed by atoms with E-state index < -0.39 is 23.8 Å². The molecule has 0 unspecified atom stereocenters. The van der Waals surface area contributed by atoms with E-state index in [1.165, 1.54) is 18.2 Å². The molecule has 3 aromatic carbocycles. The summed E-state index contributed by atoms with van der Waals surface area (Å²) in [5.74, 6) is -1.99. The van der Waals surface area contributed by atoms with Crippen molar-refractivity contribution in [3.05, 3.63) is 94.0 Å². The number of hydrogen-bond donors (Lipinski definition) is 2. The fourth-order valence-corrected chi connectivity index (χ4v) is 3.91. The van der Waals surface area contributed by atoms with Gasteiger partial charge in [-0.3, -0.25) is 19.7 Å². The molecule has 1 aliphatic rings. The number of halogens is 2. The molecule has 0 atom stereocenters. The molecule has 0 bridgehead atoms. The predicted octanol–water partition coefficient (Wildman–Crippen LogP) is 4.68. The standard InChI is InChI=1S/C25H17Cl2N3O5/c26-19-12-15(13-20(27)22(19)35-14-21(31)28-16-7-3-1-4-8-16)11-18-23(32)29-25(34)30(24(18)33)17-9-5-2-6-10-17/h1-13H,14H2,(H,28,31)(H,29,32,34)/b18-11-. The van der Waals surface area contributed by atoms with Gasteiger partial charge < -0.3 is 10.1 Å². The number of benzene rings is 3. The molecule has 10 heteroatoms. The molecular formula is C25H17Cl2N3O5. The van der Waals surface area contributed by atoms with Gasteiger partial charge in [0.25, 0.3) is 17.7 Å². The average molecular weight is 510 g/mol.